The Morgan fingerprint density at radius 1 is 1.40 bits per heavy atom. The smallest absolute Gasteiger partial charge is 0.308 e. The van der Waals surface area contributed by atoms with Crippen molar-refractivity contribution >= 4 is 5.97 Å². The molecular formula is C20H27N2O3+. The minimum Gasteiger partial charge on any atom is -0.463 e. The molecule has 2 heterocycles. The van der Waals surface area contributed by atoms with E-state index >= 15 is 0 Å². The maximum Gasteiger partial charge on any atom is 0.308 e. The largest absolute Gasteiger partial charge is 0.463 e. The molecule has 0 bridgehead atoms. The molecular weight excluding hydrogens is 316 g/mol. The fourth-order valence-electron chi connectivity index (χ4n) is 3.00. The van der Waals surface area contributed by atoms with Gasteiger partial charge in [0.1, 0.15) is 37.7 Å². The average Bonchev–Trinajstić information content (AvgIpc) is 3.36. The minimum atomic E-state index is -0.127. The van der Waals surface area contributed by atoms with E-state index in [1.54, 1.807) is 0 Å². The number of hydrogen-bond acceptors (Lipinski definition) is 3. The van der Waals surface area contributed by atoms with Crippen LogP contribution in [0.5, 0.6) is 0 Å². The van der Waals surface area contributed by atoms with E-state index in [1.165, 1.54) is 5.56 Å². The Hall–Kier alpha value is -2.14. The first-order chi connectivity index (χ1) is 12.2. The van der Waals surface area contributed by atoms with Crippen LogP contribution in [0, 0.1) is 5.92 Å². The molecule has 1 saturated heterocycles. The standard InChI is InChI=1S/C20H27N2O3/c1-3-18(11-16(2)20(23)25-14-19-13-24-19)22-10-9-21(15-22)12-17-7-5-4-6-8-17/h4-10,15-16,18-19H,3,11-14H2,1-2H3/q+1. The zero-order chi connectivity index (χ0) is 17.6. The van der Waals surface area contributed by atoms with Gasteiger partial charge in [0.2, 0.25) is 6.33 Å². The van der Waals surface area contributed by atoms with Crippen LogP contribution in [0.15, 0.2) is 49.1 Å². The summed E-state index contributed by atoms with van der Waals surface area (Å²) < 4.78 is 14.8. The van der Waals surface area contributed by atoms with Crippen LogP contribution >= 0.6 is 0 Å². The molecule has 0 radical (unpaired) electrons. The van der Waals surface area contributed by atoms with Crippen molar-refractivity contribution in [3.8, 4) is 0 Å². The van der Waals surface area contributed by atoms with Gasteiger partial charge in [-0.15, -0.1) is 0 Å². The molecule has 1 aromatic heterocycles. The Bertz CT molecular complexity index is 679. The van der Waals surface area contributed by atoms with Crippen molar-refractivity contribution in [1.29, 1.82) is 0 Å². The van der Waals surface area contributed by atoms with Crippen molar-refractivity contribution in [2.75, 3.05) is 13.2 Å². The maximum absolute atomic E-state index is 12.1. The molecule has 1 aromatic carbocycles. The molecule has 0 saturated carbocycles. The lowest BCUT2D eigenvalue weighted by Crippen LogP contribution is -2.32. The van der Waals surface area contributed by atoms with Crippen LogP contribution in [-0.2, 0) is 20.8 Å². The number of esters is 1. The zero-order valence-electron chi connectivity index (χ0n) is 15.0. The van der Waals surface area contributed by atoms with E-state index in [1.807, 2.05) is 13.0 Å². The van der Waals surface area contributed by atoms with E-state index in [2.05, 4.69) is 59.0 Å². The molecule has 1 aliphatic heterocycles. The van der Waals surface area contributed by atoms with Gasteiger partial charge in [-0.2, -0.15) is 0 Å². The second-order valence-corrected chi connectivity index (χ2v) is 6.80. The Balaban J connectivity index is 1.55. The molecule has 3 rings (SSSR count). The van der Waals surface area contributed by atoms with E-state index in [9.17, 15) is 4.79 Å². The van der Waals surface area contributed by atoms with Gasteiger partial charge in [-0.3, -0.25) is 4.79 Å². The number of nitrogens with zero attached hydrogens (tertiary/aromatic N) is 2. The number of rotatable bonds is 9. The van der Waals surface area contributed by atoms with E-state index in [0.29, 0.717) is 13.2 Å². The summed E-state index contributed by atoms with van der Waals surface area (Å²) in [7, 11) is 0. The SMILES string of the molecule is CCC(CC(C)C(=O)OCC1CO1)n1cc[n+](Cc2ccccc2)c1. The van der Waals surface area contributed by atoms with Crippen molar-refractivity contribution in [2.24, 2.45) is 5.92 Å². The van der Waals surface area contributed by atoms with E-state index in [0.717, 1.165) is 19.4 Å². The summed E-state index contributed by atoms with van der Waals surface area (Å²) in [5.74, 6) is -0.244. The summed E-state index contributed by atoms with van der Waals surface area (Å²) in [6, 6.07) is 10.7. The molecule has 134 valence electrons. The minimum absolute atomic E-state index is 0.117. The van der Waals surface area contributed by atoms with Crippen molar-refractivity contribution in [3.05, 3.63) is 54.6 Å². The average molecular weight is 343 g/mol. The lowest BCUT2D eigenvalue weighted by Gasteiger charge is -2.16. The third kappa shape index (κ3) is 5.16. The summed E-state index contributed by atoms with van der Waals surface area (Å²) in [6.45, 7) is 6.05. The van der Waals surface area contributed by atoms with Gasteiger partial charge in [-0.05, 0) is 12.0 Å². The van der Waals surface area contributed by atoms with Gasteiger partial charge < -0.3 is 9.47 Å². The second-order valence-electron chi connectivity index (χ2n) is 6.80. The molecule has 0 amide bonds. The Morgan fingerprint density at radius 3 is 2.84 bits per heavy atom. The van der Waals surface area contributed by atoms with Gasteiger partial charge in [0.25, 0.3) is 0 Å². The molecule has 5 heteroatoms. The van der Waals surface area contributed by atoms with Crippen molar-refractivity contribution in [3.63, 3.8) is 0 Å². The molecule has 3 unspecified atom stereocenters. The number of imidazole rings is 1. The fraction of sp³-hybridized carbons (Fsp3) is 0.500. The van der Waals surface area contributed by atoms with E-state index in [4.69, 9.17) is 9.47 Å². The zero-order valence-corrected chi connectivity index (χ0v) is 15.0. The molecule has 1 aliphatic rings. The highest BCUT2D eigenvalue weighted by Crippen LogP contribution is 2.22. The van der Waals surface area contributed by atoms with Crippen LogP contribution < -0.4 is 4.57 Å². The Labute approximate surface area is 149 Å². The molecule has 5 nitrogen and oxygen atoms in total. The molecule has 3 atom stereocenters. The number of aromatic nitrogens is 2. The quantitative estimate of drug-likeness (QED) is 0.400. The Morgan fingerprint density at radius 2 is 2.16 bits per heavy atom. The van der Waals surface area contributed by atoms with Crippen LogP contribution in [0.25, 0.3) is 0 Å². The van der Waals surface area contributed by atoms with Gasteiger partial charge in [-0.1, -0.05) is 44.2 Å². The first-order valence-electron chi connectivity index (χ1n) is 9.04. The molecule has 0 N–H and O–H groups in total. The molecule has 2 aromatic rings. The number of ether oxygens (including phenoxy) is 2. The number of epoxide rings is 1. The fourth-order valence-corrected chi connectivity index (χ4v) is 3.00. The lowest BCUT2D eigenvalue weighted by molar-refractivity contribution is -0.688. The highest BCUT2D eigenvalue weighted by Gasteiger charge is 2.27. The van der Waals surface area contributed by atoms with Gasteiger partial charge in [-0.25, -0.2) is 9.13 Å². The van der Waals surface area contributed by atoms with Gasteiger partial charge >= 0.3 is 5.97 Å². The van der Waals surface area contributed by atoms with Gasteiger partial charge in [0, 0.05) is 6.42 Å². The molecule has 0 aliphatic carbocycles. The summed E-state index contributed by atoms with van der Waals surface area (Å²) >= 11 is 0. The summed E-state index contributed by atoms with van der Waals surface area (Å²) in [6.07, 6.45) is 8.18. The van der Waals surface area contributed by atoms with Crippen molar-refractivity contribution in [1.82, 2.24) is 4.57 Å². The van der Waals surface area contributed by atoms with Crippen LogP contribution in [0.4, 0.5) is 0 Å². The van der Waals surface area contributed by atoms with Crippen LogP contribution in [-0.4, -0.2) is 29.9 Å². The third-order valence-corrected chi connectivity index (χ3v) is 4.65. The highest BCUT2D eigenvalue weighted by molar-refractivity contribution is 5.72. The molecule has 1 fully saturated rings. The van der Waals surface area contributed by atoms with Gasteiger partial charge in [0.05, 0.1) is 12.5 Å². The van der Waals surface area contributed by atoms with Gasteiger partial charge in [0.15, 0.2) is 0 Å². The molecule has 25 heavy (non-hydrogen) atoms. The monoisotopic (exact) mass is 343 g/mol. The van der Waals surface area contributed by atoms with E-state index < -0.39 is 0 Å². The highest BCUT2D eigenvalue weighted by atomic mass is 16.6. The lowest BCUT2D eigenvalue weighted by atomic mass is 10.00. The van der Waals surface area contributed by atoms with Crippen molar-refractivity contribution < 1.29 is 18.8 Å². The van der Waals surface area contributed by atoms with Crippen LogP contribution in [0.2, 0.25) is 0 Å². The van der Waals surface area contributed by atoms with Crippen LogP contribution in [0.3, 0.4) is 0 Å². The first kappa shape index (κ1) is 17.7. The maximum atomic E-state index is 12.1. The predicted molar refractivity (Wildman–Crippen MR) is 94.0 cm³/mol. The number of carbonyl (C=O) groups excluding carboxylic acids is 1. The topological polar surface area (TPSA) is 47.6 Å². The number of benzene rings is 1. The normalized spacial score (nSPS) is 18.6. The first-order valence-corrected chi connectivity index (χ1v) is 9.04. The summed E-state index contributed by atoms with van der Waals surface area (Å²) in [4.78, 5) is 12.1. The second kappa shape index (κ2) is 8.30. The number of hydrogen-bond donors (Lipinski definition) is 0. The Kier molecular flexibility index (Phi) is 5.87. The summed E-state index contributed by atoms with van der Waals surface area (Å²) in [5, 5.41) is 0. The molecule has 0 spiro atoms. The predicted octanol–water partition coefficient (Wildman–Crippen LogP) is 2.74. The summed E-state index contributed by atoms with van der Waals surface area (Å²) in [5.41, 5.74) is 1.28. The number of carbonyl (C=O) groups is 1. The third-order valence-electron chi connectivity index (χ3n) is 4.65. The van der Waals surface area contributed by atoms with Crippen molar-refractivity contribution in [2.45, 2.75) is 45.4 Å². The van der Waals surface area contributed by atoms with E-state index in [-0.39, 0.29) is 24.0 Å². The van der Waals surface area contributed by atoms with Crippen LogP contribution in [0.1, 0.15) is 38.3 Å².